The fourth-order valence-electron chi connectivity index (χ4n) is 18.6. The summed E-state index contributed by atoms with van der Waals surface area (Å²) < 4.78 is 76.7. The van der Waals surface area contributed by atoms with Gasteiger partial charge in [-0.3, -0.25) is 53.1 Å². The number of hydrogen-bond acceptors (Lipinski definition) is 28. The number of carboxylic acid groups (broad SMARTS) is 1. The van der Waals surface area contributed by atoms with Gasteiger partial charge < -0.3 is 70.5 Å². The first-order valence-electron chi connectivity index (χ1n) is 42.9. The number of ether oxygens (including phenoxy) is 9. The summed E-state index contributed by atoms with van der Waals surface area (Å²) >= 11 is 3.93. The molecule has 3 atom stereocenters. The van der Waals surface area contributed by atoms with E-state index >= 15 is 0 Å². The smallest absolute Gasteiger partial charge is 0.306 e. The number of oxazole rings is 3. The van der Waals surface area contributed by atoms with Crippen LogP contribution in [0.1, 0.15) is 181 Å². The van der Waals surface area contributed by atoms with E-state index < -0.39 is 66.6 Å². The Morgan fingerprint density at radius 2 is 0.786 bits per heavy atom. The van der Waals surface area contributed by atoms with Gasteiger partial charge in [-0.15, -0.1) is 34.0 Å². The Hall–Kier alpha value is -9.91. The van der Waals surface area contributed by atoms with Crippen LogP contribution in [-0.4, -0.2) is 186 Å². The van der Waals surface area contributed by atoms with Crippen molar-refractivity contribution in [2.45, 2.75) is 173 Å². The number of anilines is 3. The molecule has 3 aromatic carbocycles. The number of para-hydroxylation sites is 3. The number of aromatic nitrogens is 3. The molecular weight excluding hydrogens is 1690 g/mol. The van der Waals surface area contributed by atoms with Gasteiger partial charge in [-0.1, -0.05) is 75.4 Å². The number of benzene rings is 3. The van der Waals surface area contributed by atoms with Crippen LogP contribution < -0.4 is 28.9 Å². The molecule has 3 unspecified atom stereocenters. The maximum atomic E-state index is 14.8. The first-order chi connectivity index (χ1) is 60.6. The number of carbonyl (C=O) groups excluding carboxylic acids is 7. The average molecular weight is 1800 g/mol. The predicted octanol–water partition coefficient (Wildman–Crippen LogP) is 16.4. The molecule has 0 radical (unpaired) electrons. The molecule has 9 aromatic rings. The van der Waals surface area contributed by atoms with Crippen molar-refractivity contribution in [2.75, 3.05) is 102 Å². The lowest BCUT2D eigenvalue weighted by Crippen LogP contribution is -2.61. The highest BCUT2D eigenvalue weighted by molar-refractivity contribution is 7.21. The SMILES string of the molecule is COc1ccccc1C(CN1C(=O)C2(CC(C(=O)O)C2)C(=O)c2c1sc(-c1ncco1)c2C)OC1CCOCC1.COc1ccccc1C(CN1C(=O)C2(CC(C(=O)O[Si](C)(C)C(C)(C)C)C2)C(=O)c2c1sc(-c1ncco1)c2C)OC1CCOCC1.COc1ccccc1C(CN1C(=O)C2(CC(CO)C2)C(=O)c2c1sc(-c1ncco1)c2C)OC1CCOCC1. The molecule has 3 amide bonds. The van der Waals surface area contributed by atoms with Gasteiger partial charge in [-0.25, -0.2) is 15.0 Å². The fraction of sp³-hybridized carbons (Fsp3) is 0.495. The number of aliphatic hydroxyl groups excluding tert-OH is 1. The Morgan fingerprint density at radius 1 is 0.484 bits per heavy atom. The van der Waals surface area contributed by atoms with Gasteiger partial charge in [0, 0.05) is 62.9 Å². The van der Waals surface area contributed by atoms with Crippen LogP contribution in [0.5, 0.6) is 17.2 Å². The summed E-state index contributed by atoms with van der Waals surface area (Å²) in [4.78, 5) is 131. The molecule has 126 heavy (non-hydrogen) atoms. The Labute approximate surface area is 742 Å². The second-order valence-corrected chi connectivity index (χ2v) is 43.1. The second kappa shape index (κ2) is 36.7. The Balaban J connectivity index is 0.000000140. The standard InChI is InChI=1S/C35H44N2O8SSi.C29H30N2O8S.C29H32N2O7S/c1-21-27-29(38)35(18-22(19-35)32(39)45-47(6,7)34(2,3)4)33(40)37(31(27)46-28(21)30-36-14-17-43-30)20-26(44-23-12-15-42-16-13-23)24-10-8-9-11-25(24)41-5;1-16-22-24(32)29(13-17(14-29)27(33)34)28(35)31(26(22)40-23(16)25-30-9-12-38-25)15-21(39-18-7-10-37-11-8-18)19-5-3-4-6-20(19)36-2;1-17-23-25(33)29(13-18(14-29)16-32)28(34)31(27(23)39-24(17)26-30-9-12-37-26)15-22(38-19-7-10-36-11-8-19)20-5-3-4-6-21(20)35-2/h8-11,14,17,22-23,26H,12-13,15-16,18-20H2,1-7H3;3-6,9,12,17-18,21H,7-8,10-11,13-15H2,1-2H3,(H,33,34);3-6,9,12,18-19,22,32H,7-8,10-11,13-16H2,1-2H3. The molecular formula is C93H106N6O23S3Si. The van der Waals surface area contributed by atoms with E-state index in [0.29, 0.717) is 140 Å². The van der Waals surface area contributed by atoms with Crippen molar-refractivity contribution in [1.82, 2.24) is 15.0 Å². The number of methoxy groups -OCH3 is 3. The quantitative estimate of drug-likeness (QED) is 0.0396. The van der Waals surface area contributed by atoms with E-state index in [1.54, 1.807) is 48.4 Å². The summed E-state index contributed by atoms with van der Waals surface area (Å²) in [5.41, 5.74) is 2.05. The van der Waals surface area contributed by atoms with E-state index in [9.17, 15) is 48.6 Å². The van der Waals surface area contributed by atoms with Gasteiger partial charge in [-0.05, 0) is 157 Å². The molecule has 0 bridgehead atoms. The van der Waals surface area contributed by atoms with Gasteiger partial charge in [0.1, 0.15) is 85.6 Å². The minimum absolute atomic E-state index is 0.0281. The number of ketones is 3. The van der Waals surface area contributed by atoms with Crippen LogP contribution in [0.25, 0.3) is 32.3 Å². The second-order valence-electron chi connectivity index (χ2n) is 35.4. The van der Waals surface area contributed by atoms with E-state index in [0.717, 1.165) is 65.7 Å². The van der Waals surface area contributed by atoms with Gasteiger partial charge in [-0.2, -0.15) is 0 Å². The van der Waals surface area contributed by atoms with Crippen LogP contribution in [0.15, 0.2) is 123 Å². The largest absolute Gasteiger partial charge is 0.519 e. The first-order valence-corrected chi connectivity index (χ1v) is 48.3. The molecule has 12 heterocycles. The third-order valence-electron chi connectivity index (χ3n) is 26.8. The Bertz CT molecular complexity index is 5500. The maximum absolute atomic E-state index is 14.8. The van der Waals surface area contributed by atoms with E-state index in [1.165, 1.54) is 59.0 Å². The number of thiophene rings is 3. The highest BCUT2D eigenvalue weighted by Gasteiger charge is 2.66. The van der Waals surface area contributed by atoms with Crippen LogP contribution in [0, 0.1) is 54.8 Å². The minimum atomic E-state index is -2.39. The molecule has 3 saturated heterocycles. The van der Waals surface area contributed by atoms with Crippen molar-refractivity contribution in [3.63, 3.8) is 0 Å². The highest BCUT2D eigenvalue weighted by atomic mass is 32.1. The summed E-state index contributed by atoms with van der Waals surface area (Å²) in [6, 6.07) is 22.9. The first kappa shape index (κ1) is 89.5. The molecule has 3 saturated carbocycles. The number of amides is 3. The summed E-state index contributed by atoms with van der Waals surface area (Å²) in [6.45, 7) is 19.9. The summed E-state index contributed by atoms with van der Waals surface area (Å²) in [7, 11) is 2.44. The molecule has 9 aliphatic rings. The Morgan fingerprint density at radius 3 is 1.06 bits per heavy atom. The third-order valence-corrected chi connectivity index (χ3v) is 35.0. The van der Waals surface area contributed by atoms with E-state index in [2.05, 4.69) is 35.7 Å². The predicted molar refractivity (Wildman–Crippen MR) is 469 cm³/mol. The average Bonchev–Trinajstić information content (AvgIpc) is 1.44. The molecule has 29 nitrogen and oxygen atoms in total. The number of carboxylic acids is 1. The van der Waals surface area contributed by atoms with Crippen LogP contribution >= 0.6 is 34.0 Å². The van der Waals surface area contributed by atoms with Crippen LogP contribution in [0.2, 0.25) is 18.1 Å². The normalized spacial score (nSPS) is 23.4. The van der Waals surface area contributed by atoms with E-state index in [1.807, 2.05) is 107 Å². The number of hydrogen-bond donors (Lipinski definition) is 2. The van der Waals surface area contributed by atoms with Gasteiger partial charge in [0.05, 0.1) is 121 Å². The number of carbonyl (C=O) groups is 8. The van der Waals surface area contributed by atoms with E-state index in [-0.39, 0.29) is 116 Å². The van der Waals surface area contributed by atoms with Crippen LogP contribution in [0.4, 0.5) is 15.0 Å². The van der Waals surface area contributed by atoms with Gasteiger partial charge >= 0.3 is 5.97 Å². The summed E-state index contributed by atoms with van der Waals surface area (Å²) in [6.07, 6.45) is 12.6. The number of Topliss-reactive ketones (excluding diaryl/α,β-unsaturated/α-hetero) is 3. The fourth-order valence-corrected chi connectivity index (χ4v) is 23.4. The van der Waals surface area contributed by atoms with Crippen molar-refractivity contribution in [1.29, 1.82) is 0 Å². The zero-order valence-corrected chi connectivity index (χ0v) is 76.0. The molecule has 6 fully saturated rings. The zero-order valence-electron chi connectivity index (χ0n) is 72.5. The molecule has 18 rings (SSSR count). The van der Waals surface area contributed by atoms with Gasteiger partial charge in [0.2, 0.25) is 35.4 Å². The monoisotopic (exact) mass is 1800 g/mol. The third kappa shape index (κ3) is 16.6. The van der Waals surface area contributed by atoms with Crippen molar-refractivity contribution in [2.24, 2.45) is 34.0 Å². The lowest BCUT2D eigenvalue weighted by Gasteiger charge is -2.50. The zero-order chi connectivity index (χ0) is 88.9. The van der Waals surface area contributed by atoms with Crippen LogP contribution in [-0.2, 0) is 56.8 Å². The molecule has 3 aliphatic carbocycles. The number of nitrogens with zero attached hydrogens (tertiary/aromatic N) is 6. The Kier molecular flexibility index (Phi) is 26.0. The lowest BCUT2D eigenvalue weighted by molar-refractivity contribution is -0.153. The van der Waals surface area contributed by atoms with Crippen molar-refractivity contribution in [3.8, 4) is 49.6 Å². The summed E-state index contributed by atoms with van der Waals surface area (Å²) in [5.74, 6) is -1.24. The van der Waals surface area contributed by atoms with Gasteiger partial charge in [0.15, 0.2) is 17.3 Å². The van der Waals surface area contributed by atoms with E-state index in [4.69, 9.17) is 60.3 Å². The highest BCUT2D eigenvalue weighted by Crippen LogP contribution is 2.62. The molecule has 668 valence electrons. The number of aliphatic carboxylic acids is 1. The van der Waals surface area contributed by atoms with Crippen molar-refractivity contribution >= 4 is 104 Å². The molecule has 6 aliphatic heterocycles. The minimum Gasteiger partial charge on any atom is -0.519 e. The molecule has 6 aromatic heterocycles. The number of fused-ring (bicyclic) bond motifs is 3. The molecule has 2 N–H and O–H groups in total. The molecule has 33 heteroatoms. The topological polar surface area (TPSA) is 357 Å². The maximum Gasteiger partial charge on any atom is 0.306 e. The summed E-state index contributed by atoms with van der Waals surface area (Å²) in [5, 5.41) is 20.8. The van der Waals surface area contributed by atoms with Crippen molar-refractivity contribution < 1.29 is 109 Å². The lowest BCUT2D eigenvalue weighted by atomic mass is 9.56. The number of rotatable bonds is 25. The number of aliphatic hydroxyl groups is 1. The van der Waals surface area contributed by atoms with Crippen molar-refractivity contribution in [3.05, 3.63) is 160 Å². The van der Waals surface area contributed by atoms with Crippen LogP contribution in [0.3, 0.4) is 0 Å². The van der Waals surface area contributed by atoms with Gasteiger partial charge in [0.25, 0.3) is 14.3 Å². The molecule has 3 spiro atoms.